The highest BCUT2D eigenvalue weighted by molar-refractivity contribution is 5.76. The largest absolute Gasteiger partial charge is 0.462 e. The van der Waals surface area contributed by atoms with Crippen molar-refractivity contribution in [2.24, 2.45) is 47.3 Å². The fraction of sp³-hybridized carbons (Fsp3) is 0.920. The number of aliphatic hydroxyl groups excluding tert-OH is 2. The molecule has 0 heterocycles. The molecule has 6 heteroatoms. The Bertz CT molecular complexity index is 708. The van der Waals surface area contributed by atoms with Crippen LogP contribution in [0.1, 0.15) is 71.6 Å². The molecular formula is C25H38O6. The van der Waals surface area contributed by atoms with Crippen molar-refractivity contribution in [2.45, 2.75) is 96.1 Å². The smallest absolute Gasteiger partial charge is 0.309 e. The maximum Gasteiger partial charge on any atom is 0.309 e. The van der Waals surface area contributed by atoms with Crippen LogP contribution in [-0.2, 0) is 19.1 Å². The zero-order chi connectivity index (χ0) is 21.9. The molecule has 6 nitrogen and oxygen atoms in total. The van der Waals surface area contributed by atoms with Gasteiger partial charge in [0.2, 0.25) is 0 Å². The summed E-state index contributed by atoms with van der Waals surface area (Å²) < 4.78 is 11.8. The molecule has 0 aromatic heterocycles. The van der Waals surface area contributed by atoms with Crippen molar-refractivity contribution in [3.63, 3.8) is 0 Å². The molecule has 5 aliphatic rings. The molecule has 0 aliphatic heterocycles. The molecule has 174 valence electrons. The van der Waals surface area contributed by atoms with E-state index in [0.717, 1.165) is 25.2 Å². The lowest BCUT2D eigenvalue weighted by atomic mass is 9.79. The standard InChI is InChI=1S/C25H38O6/c1-3-14(6-12(2)24(28)30-20-8-13-4-5-15(20)7-13)25(29)31-21-10-16-9-18(21)22-17(16)11-19(26)23(22)27/h12-23,26-27H,3-11H2,1-2H3. The van der Waals surface area contributed by atoms with E-state index in [1.165, 1.54) is 19.3 Å². The van der Waals surface area contributed by atoms with Crippen LogP contribution in [0.3, 0.4) is 0 Å². The van der Waals surface area contributed by atoms with Crippen LogP contribution in [0.4, 0.5) is 0 Å². The van der Waals surface area contributed by atoms with Gasteiger partial charge in [-0.25, -0.2) is 0 Å². The van der Waals surface area contributed by atoms with E-state index in [2.05, 4.69) is 0 Å². The Labute approximate surface area is 185 Å². The lowest BCUT2D eigenvalue weighted by Crippen LogP contribution is -2.39. The Balaban J connectivity index is 1.13. The van der Waals surface area contributed by atoms with E-state index in [1.807, 2.05) is 13.8 Å². The summed E-state index contributed by atoms with van der Waals surface area (Å²) in [6, 6.07) is 0. The van der Waals surface area contributed by atoms with Crippen molar-refractivity contribution in [1.29, 1.82) is 0 Å². The van der Waals surface area contributed by atoms with Gasteiger partial charge in [0.25, 0.3) is 0 Å². The molecule has 12 unspecified atom stereocenters. The number of fused-ring (bicyclic) bond motifs is 7. The van der Waals surface area contributed by atoms with Crippen LogP contribution in [0.15, 0.2) is 0 Å². The van der Waals surface area contributed by atoms with Crippen LogP contribution in [0.5, 0.6) is 0 Å². The van der Waals surface area contributed by atoms with E-state index in [-0.39, 0.29) is 47.8 Å². The quantitative estimate of drug-likeness (QED) is 0.598. The number of hydrogen-bond acceptors (Lipinski definition) is 6. The van der Waals surface area contributed by atoms with Crippen molar-refractivity contribution >= 4 is 11.9 Å². The average molecular weight is 435 g/mol. The molecule has 5 aliphatic carbocycles. The summed E-state index contributed by atoms with van der Waals surface area (Å²) in [4.78, 5) is 25.6. The predicted octanol–water partition coefficient (Wildman–Crippen LogP) is 3.08. The third kappa shape index (κ3) is 3.82. The van der Waals surface area contributed by atoms with Gasteiger partial charge in [0, 0.05) is 5.92 Å². The minimum atomic E-state index is -0.691. The van der Waals surface area contributed by atoms with Crippen LogP contribution in [-0.4, -0.2) is 46.6 Å². The highest BCUT2D eigenvalue weighted by Gasteiger charge is 2.60. The molecule has 31 heavy (non-hydrogen) atoms. The number of ether oxygens (including phenoxy) is 2. The van der Waals surface area contributed by atoms with Gasteiger partial charge in [0.05, 0.1) is 24.0 Å². The highest BCUT2D eigenvalue weighted by Crippen LogP contribution is 2.59. The fourth-order valence-electron chi connectivity index (χ4n) is 7.92. The number of aliphatic hydroxyl groups is 2. The average Bonchev–Trinajstić information content (AvgIpc) is 3.54. The van der Waals surface area contributed by atoms with Crippen LogP contribution in [0, 0.1) is 47.3 Å². The number of carbonyl (C=O) groups is 2. The van der Waals surface area contributed by atoms with Gasteiger partial charge < -0.3 is 19.7 Å². The van der Waals surface area contributed by atoms with Crippen LogP contribution < -0.4 is 0 Å². The maximum atomic E-state index is 13.0. The van der Waals surface area contributed by atoms with Crippen molar-refractivity contribution in [3.8, 4) is 0 Å². The van der Waals surface area contributed by atoms with E-state index in [1.54, 1.807) is 0 Å². The molecule has 0 amide bonds. The predicted molar refractivity (Wildman–Crippen MR) is 113 cm³/mol. The van der Waals surface area contributed by atoms with Gasteiger partial charge in [-0.1, -0.05) is 13.8 Å². The second kappa shape index (κ2) is 8.33. The number of esters is 2. The van der Waals surface area contributed by atoms with Crippen molar-refractivity contribution < 1.29 is 29.3 Å². The Morgan fingerprint density at radius 1 is 0.903 bits per heavy atom. The lowest BCUT2D eigenvalue weighted by molar-refractivity contribution is -0.162. The molecule has 0 spiro atoms. The van der Waals surface area contributed by atoms with E-state index >= 15 is 0 Å². The molecule has 5 fully saturated rings. The van der Waals surface area contributed by atoms with E-state index < -0.39 is 12.2 Å². The second-order valence-electron chi connectivity index (χ2n) is 11.3. The zero-order valence-corrected chi connectivity index (χ0v) is 18.8. The van der Waals surface area contributed by atoms with Crippen LogP contribution in [0.25, 0.3) is 0 Å². The molecule has 5 saturated carbocycles. The first-order valence-electron chi connectivity index (χ1n) is 12.6. The molecule has 4 bridgehead atoms. The molecule has 5 rings (SSSR count). The van der Waals surface area contributed by atoms with Gasteiger partial charge in [-0.2, -0.15) is 0 Å². The summed E-state index contributed by atoms with van der Waals surface area (Å²) in [5, 5.41) is 20.4. The first-order chi connectivity index (χ1) is 14.9. The van der Waals surface area contributed by atoms with Gasteiger partial charge in [0.15, 0.2) is 0 Å². The zero-order valence-electron chi connectivity index (χ0n) is 18.8. The summed E-state index contributed by atoms with van der Waals surface area (Å²) in [7, 11) is 0. The fourth-order valence-corrected chi connectivity index (χ4v) is 7.92. The van der Waals surface area contributed by atoms with E-state index in [9.17, 15) is 19.8 Å². The van der Waals surface area contributed by atoms with Gasteiger partial charge in [0.1, 0.15) is 12.2 Å². The molecule has 0 aromatic rings. The number of hydrogen-bond donors (Lipinski definition) is 2. The molecule has 0 saturated heterocycles. The maximum absolute atomic E-state index is 13.0. The van der Waals surface area contributed by atoms with Gasteiger partial charge in [-0.15, -0.1) is 0 Å². The lowest BCUT2D eigenvalue weighted by Gasteiger charge is -2.33. The Morgan fingerprint density at radius 2 is 1.68 bits per heavy atom. The number of rotatable bonds is 7. The Hall–Kier alpha value is -1.14. The Morgan fingerprint density at radius 3 is 2.35 bits per heavy atom. The summed E-state index contributed by atoms with van der Waals surface area (Å²) in [5.74, 6) is 1.29. The van der Waals surface area contributed by atoms with Gasteiger partial charge in [-0.3, -0.25) is 9.59 Å². The monoisotopic (exact) mass is 434 g/mol. The first kappa shape index (κ1) is 21.7. The summed E-state index contributed by atoms with van der Waals surface area (Å²) in [5.41, 5.74) is 0. The third-order valence-corrected chi connectivity index (χ3v) is 9.56. The SMILES string of the molecule is CCC(CC(C)C(=O)OC1CC2CCC1C2)C(=O)OC1CC2CC1C1C(O)C(O)CC21. The molecular weight excluding hydrogens is 396 g/mol. The van der Waals surface area contributed by atoms with Crippen LogP contribution >= 0.6 is 0 Å². The summed E-state index contributed by atoms with van der Waals surface area (Å²) in [6.07, 6.45) is 6.86. The highest BCUT2D eigenvalue weighted by atomic mass is 16.5. The number of carbonyl (C=O) groups excluding carboxylic acids is 2. The summed E-state index contributed by atoms with van der Waals surface area (Å²) >= 11 is 0. The van der Waals surface area contributed by atoms with Crippen LogP contribution in [0.2, 0.25) is 0 Å². The Kier molecular flexibility index (Phi) is 5.83. The molecule has 0 aromatic carbocycles. The third-order valence-electron chi connectivity index (χ3n) is 9.56. The van der Waals surface area contributed by atoms with Crippen molar-refractivity contribution in [1.82, 2.24) is 0 Å². The van der Waals surface area contributed by atoms with Crippen molar-refractivity contribution in [2.75, 3.05) is 0 Å². The van der Waals surface area contributed by atoms with Crippen molar-refractivity contribution in [3.05, 3.63) is 0 Å². The first-order valence-corrected chi connectivity index (χ1v) is 12.6. The molecule has 2 N–H and O–H groups in total. The van der Waals surface area contributed by atoms with E-state index in [0.29, 0.717) is 37.0 Å². The summed E-state index contributed by atoms with van der Waals surface area (Å²) in [6.45, 7) is 3.83. The van der Waals surface area contributed by atoms with Gasteiger partial charge >= 0.3 is 11.9 Å². The second-order valence-corrected chi connectivity index (χ2v) is 11.3. The molecule has 0 radical (unpaired) electrons. The van der Waals surface area contributed by atoms with E-state index in [4.69, 9.17) is 9.47 Å². The topological polar surface area (TPSA) is 93.1 Å². The minimum Gasteiger partial charge on any atom is -0.462 e. The normalized spacial score (nSPS) is 46.7. The minimum absolute atomic E-state index is 0.0577. The molecule has 12 atom stereocenters. The van der Waals surface area contributed by atoms with Gasteiger partial charge in [-0.05, 0) is 87.4 Å².